The zero-order valence-corrected chi connectivity index (χ0v) is 11.8. The maximum absolute atomic E-state index is 13.2. The van der Waals surface area contributed by atoms with Crippen molar-refractivity contribution in [2.24, 2.45) is 5.73 Å². The molecule has 1 unspecified atom stereocenters. The predicted octanol–water partition coefficient (Wildman–Crippen LogP) is 4.10. The van der Waals surface area contributed by atoms with Gasteiger partial charge in [0.1, 0.15) is 11.6 Å². The molecular weight excluding hydrogens is 273 g/mol. The topological polar surface area (TPSA) is 35.2 Å². The average Bonchev–Trinajstić information content (AvgIpc) is 2.89. The van der Waals surface area contributed by atoms with Gasteiger partial charge in [0.05, 0.1) is 13.2 Å². The molecule has 0 amide bonds. The smallest absolute Gasteiger partial charge is 0.123 e. The number of benzene rings is 2. The molecule has 1 aromatic heterocycles. The van der Waals surface area contributed by atoms with Crippen LogP contribution in [0.15, 0.2) is 48.5 Å². The molecule has 2 nitrogen and oxygen atoms in total. The van der Waals surface area contributed by atoms with Gasteiger partial charge in [0, 0.05) is 9.58 Å². The number of thiophene rings is 1. The van der Waals surface area contributed by atoms with Gasteiger partial charge in [0.2, 0.25) is 0 Å². The highest BCUT2D eigenvalue weighted by atomic mass is 32.1. The van der Waals surface area contributed by atoms with Crippen LogP contribution in [0.3, 0.4) is 0 Å². The van der Waals surface area contributed by atoms with E-state index in [9.17, 15) is 4.39 Å². The summed E-state index contributed by atoms with van der Waals surface area (Å²) >= 11 is 1.60. The SMILES string of the molecule is COc1ccc(C(N)c2cc3cc(F)ccc3s2)cc1. The molecule has 3 aromatic rings. The Bertz CT molecular complexity index is 736. The summed E-state index contributed by atoms with van der Waals surface area (Å²) in [5, 5.41) is 0.897. The van der Waals surface area contributed by atoms with Crippen molar-refractivity contribution in [1.29, 1.82) is 0 Å². The van der Waals surface area contributed by atoms with E-state index in [0.717, 1.165) is 26.3 Å². The Hall–Kier alpha value is -1.91. The fourth-order valence-corrected chi connectivity index (χ4v) is 3.24. The van der Waals surface area contributed by atoms with Crippen LogP contribution < -0.4 is 10.5 Å². The Balaban J connectivity index is 1.96. The van der Waals surface area contributed by atoms with Crippen LogP contribution in [0.5, 0.6) is 5.75 Å². The van der Waals surface area contributed by atoms with Crippen LogP contribution >= 0.6 is 11.3 Å². The largest absolute Gasteiger partial charge is 0.497 e. The number of methoxy groups -OCH3 is 1. The van der Waals surface area contributed by atoms with Crippen molar-refractivity contribution in [2.75, 3.05) is 7.11 Å². The summed E-state index contributed by atoms with van der Waals surface area (Å²) in [4.78, 5) is 1.02. The van der Waals surface area contributed by atoms with Crippen LogP contribution in [0.4, 0.5) is 4.39 Å². The highest BCUT2D eigenvalue weighted by Crippen LogP contribution is 2.32. The van der Waals surface area contributed by atoms with Crippen LogP contribution in [-0.4, -0.2) is 7.11 Å². The van der Waals surface area contributed by atoms with Gasteiger partial charge in [-0.1, -0.05) is 12.1 Å². The Labute approximate surface area is 120 Å². The monoisotopic (exact) mass is 287 g/mol. The second-order valence-corrected chi connectivity index (χ2v) is 5.70. The molecule has 1 atom stereocenters. The lowest BCUT2D eigenvalue weighted by atomic mass is 10.1. The number of fused-ring (bicyclic) bond motifs is 1. The Morgan fingerprint density at radius 3 is 2.55 bits per heavy atom. The molecular formula is C16H14FNOS. The number of nitrogens with two attached hydrogens (primary N) is 1. The van der Waals surface area contributed by atoms with E-state index in [1.165, 1.54) is 12.1 Å². The van der Waals surface area contributed by atoms with Crippen molar-refractivity contribution in [3.05, 3.63) is 64.8 Å². The fraction of sp³-hybridized carbons (Fsp3) is 0.125. The van der Waals surface area contributed by atoms with Gasteiger partial charge in [-0.2, -0.15) is 0 Å². The second kappa shape index (κ2) is 5.23. The lowest BCUT2D eigenvalue weighted by molar-refractivity contribution is 0.414. The summed E-state index contributed by atoms with van der Waals surface area (Å²) in [5.41, 5.74) is 7.30. The van der Waals surface area contributed by atoms with E-state index in [0.29, 0.717) is 0 Å². The van der Waals surface area contributed by atoms with Crippen LogP contribution in [0, 0.1) is 5.82 Å². The minimum Gasteiger partial charge on any atom is -0.497 e. The van der Waals surface area contributed by atoms with E-state index in [1.807, 2.05) is 30.3 Å². The first-order chi connectivity index (χ1) is 9.67. The maximum Gasteiger partial charge on any atom is 0.123 e. The zero-order valence-electron chi connectivity index (χ0n) is 11.0. The van der Waals surface area contributed by atoms with Crippen molar-refractivity contribution < 1.29 is 9.13 Å². The van der Waals surface area contributed by atoms with E-state index < -0.39 is 0 Å². The first-order valence-electron chi connectivity index (χ1n) is 6.26. The molecule has 0 radical (unpaired) electrons. The van der Waals surface area contributed by atoms with Gasteiger partial charge >= 0.3 is 0 Å². The van der Waals surface area contributed by atoms with Gasteiger partial charge in [-0.15, -0.1) is 11.3 Å². The molecule has 0 saturated heterocycles. The van der Waals surface area contributed by atoms with Crippen molar-refractivity contribution in [1.82, 2.24) is 0 Å². The molecule has 0 aliphatic rings. The van der Waals surface area contributed by atoms with Crippen LogP contribution in [0.25, 0.3) is 10.1 Å². The molecule has 102 valence electrons. The van der Waals surface area contributed by atoms with E-state index in [1.54, 1.807) is 24.5 Å². The quantitative estimate of drug-likeness (QED) is 0.787. The molecule has 0 aliphatic carbocycles. The zero-order chi connectivity index (χ0) is 14.1. The molecule has 1 heterocycles. The number of ether oxygens (including phenoxy) is 1. The minimum absolute atomic E-state index is 0.207. The third kappa shape index (κ3) is 2.40. The lowest BCUT2D eigenvalue weighted by Crippen LogP contribution is -2.09. The first kappa shape index (κ1) is 13.1. The van der Waals surface area contributed by atoms with Gasteiger partial charge in [0.15, 0.2) is 0 Å². The molecule has 0 fully saturated rings. The summed E-state index contributed by atoms with van der Waals surface area (Å²) in [6, 6.07) is 14.2. The molecule has 0 spiro atoms. The highest BCUT2D eigenvalue weighted by molar-refractivity contribution is 7.19. The Morgan fingerprint density at radius 2 is 1.85 bits per heavy atom. The number of hydrogen-bond acceptors (Lipinski definition) is 3. The van der Waals surface area contributed by atoms with Crippen molar-refractivity contribution in [2.45, 2.75) is 6.04 Å². The Morgan fingerprint density at radius 1 is 1.10 bits per heavy atom. The van der Waals surface area contributed by atoms with Crippen LogP contribution in [0.2, 0.25) is 0 Å². The summed E-state index contributed by atoms with van der Waals surface area (Å²) < 4.78 is 19.4. The molecule has 2 N–H and O–H groups in total. The molecule has 0 aliphatic heterocycles. The van der Waals surface area contributed by atoms with E-state index >= 15 is 0 Å². The average molecular weight is 287 g/mol. The Kier molecular flexibility index (Phi) is 3.42. The molecule has 20 heavy (non-hydrogen) atoms. The summed E-state index contributed by atoms with van der Waals surface area (Å²) in [7, 11) is 1.63. The van der Waals surface area contributed by atoms with Crippen molar-refractivity contribution >= 4 is 21.4 Å². The fourth-order valence-electron chi connectivity index (χ4n) is 2.16. The number of rotatable bonds is 3. The molecule has 3 rings (SSSR count). The van der Waals surface area contributed by atoms with E-state index in [2.05, 4.69) is 0 Å². The van der Waals surface area contributed by atoms with E-state index in [-0.39, 0.29) is 11.9 Å². The number of halogens is 1. The second-order valence-electron chi connectivity index (χ2n) is 4.58. The summed E-state index contributed by atoms with van der Waals surface area (Å²) in [6.07, 6.45) is 0. The van der Waals surface area contributed by atoms with Gasteiger partial charge in [-0.3, -0.25) is 0 Å². The van der Waals surface area contributed by atoms with Crippen LogP contribution in [0.1, 0.15) is 16.5 Å². The minimum atomic E-state index is -0.222. The van der Waals surface area contributed by atoms with Crippen molar-refractivity contribution in [3.8, 4) is 5.75 Å². The van der Waals surface area contributed by atoms with Gasteiger partial charge < -0.3 is 10.5 Å². The first-order valence-corrected chi connectivity index (χ1v) is 7.07. The van der Waals surface area contributed by atoms with Crippen molar-refractivity contribution in [3.63, 3.8) is 0 Å². The van der Waals surface area contributed by atoms with Gasteiger partial charge in [0.25, 0.3) is 0 Å². The van der Waals surface area contributed by atoms with Crippen LogP contribution in [-0.2, 0) is 0 Å². The summed E-state index contributed by atoms with van der Waals surface area (Å²) in [5.74, 6) is 0.583. The molecule has 0 saturated carbocycles. The third-order valence-electron chi connectivity index (χ3n) is 3.28. The standard InChI is InChI=1S/C16H14FNOS/c1-19-13-5-2-10(3-6-13)16(18)15-9-11-8-12(17)4-7-14(11)20-15/h2-9,16H,18H2,1H3. The third-order valence-corrected chi connectivity index (χ3v) is 4.48. The normalized spacial score (nSPS) is 12.6. The highest BCUT2D eigenvalue weighted by Gasteiger charge is 2.12. The van der Waals surface area contributed by atoms with Gasteiger partial charge in [-0.05, 0) is 47.3 Å². The molecule has 2 aromatic carbocycles. The van der Waals surface area contributed by atoms with E-state index in [4.69, 9.17) is 10.5 Å². The lowest BCUT2D eigenvalue weighted by Gasteiger charge is -2.10. The predicted molar refractivity (Wildman–Crippen MR) is 80.8 cm³/mol. The van der Waals surface area contributed by atoms with Gasteiger partial charge in [-0.25, -0.2) is 4.39 Å². The molecule has 4 heteroatoms. The maximum atomic E-state index is 13.2. The summed E-state index contributed by atoms with van der Waals surface area (Å²) in [6.45, 7) is 0. The number of hydrogen-bond donors (Lipinski definition) is 1. The molecule has 0 bridgehead atoms.